The molecule has 0 spiro atoms. The van der Waals surface area contributed by atoms with Gasteiger partial charge >= 0.3 is 0 Å². The molecule has 3 N–H and O–H groups in total. The van der Waals surface area contributed by atoms with Crippen LogP contribution >= 0.6 is 0 Å². The van der Waals surface area contributed by atoms with E-state index < -0.39 is 0 Å². The molecule has 0 aromatic heterocycles. The molecule has 0 radical (unpaired) electrons. The fraction of sp³-hybridized carbons (Fsp3) is 0.600. The van der Waals surface area contributed by atoms with Gasteiger partial charge in [-0.15, -0.1) is 0 Å². The van der Waals surface area contributed by atoms with Crippen LogP contribution in [-0.4, -0.2) is 18.8 Å². The zero-order chi connectivity index (χ0) is 13.8. The normalized spacial score (nSPS) is 11.6. The lowest BCUT2D eigenvalue weighted by atomic mass is 9.84. The molecular formula is C15H25NO2. The van der Waals surface area contributed by atoms with Gasteiger partial charge in [-0.05, 0) is 48.9 Å². The van der Waals surface area contributed by atoms with Crippen LogP contribution in [0.2, 0.25) is 0 Å². The summed E-state index contributed by atoms with van der Waals surface area (Å²) in [5, 5.41) is 10.4. The Balaban J connectivity index is 3.09. The molecule has 18 heavy (non-hydrogen) atoms. The number of aromatic hydroxyl groups is 1. The average Bonchev–Trinajstić information content (AvgIpc) is 2.30. The van der Waals surface area contributed by atoms with E-state index >= 15 is 0 Å². The van der Waals surface area contributed by atoms with E-state index in [4.69, 9.17) is 10.5 Å². The number of benzene rings is 1. The standard InChI is InChI=1S/C15H25NO2/c1-15(2,3)13-10-12(18-4)9-11(14(13)17)7-5-6-8-16/h9-10,17H,5-8,16H2,1-4H3. The molecule has 102 valence electrons. The van der Waals surface area contributed by atoms with E-state index in [1.54, 1.807) is 7.11 Å². The van der Waals surface area contributed by atoms with Gasteiger partial charge < -0.3 is 15.6 Å². The first-order valence-corrected chi connectivity index (χ1v) is 6.50. The Morgan fingerprint density at radius 2 is 1.89 bits per heavy atom. The van der Waals surface area contributed by atoms with Gasteiger partial charge in [0.15, 0.2) is 0 Å². The van der Waals surface area contributed by atoms with E-state index in [2.05, 4.69) is 20.8 Å². The lowest BCUT2D eigenvalue weighted by molar-refractivity contribution is 0.402. The zero-order valence-electron chi connectivity index (χ0n) is 11.9. The van der Waals surface area contributed by atoms with E-state index in [1.807, 2.05) is 12.1 Å². The summed E-state index contributed by atoms with van der Waals surface area (Å²) in [6.45, 7) is 6.96. The Kier molecular flexibility index (Phi) is 5.03. The second-order valence-electron chi connectivity index (χ2n) is 5.68. The van der Waals surface area contributed by atoms with E-state index in [1.165, 1.54) is 0 Å². The summed E-state index contributed by atoms with van der Waals surface area (Å²) in [5.74, 6) is 1.21. The molecule has 0 aliphatic carbocycles. The second-order valence-corrected chi connectivity index (χ2v) is 5.68. The van der Waals surface area contributed by atoms with Gasteiger partial charge in [-0.2, -0.15) is 0 Å². The minimum atomic E-state index is -0.0960. The first-order chi connectivity index (χ1) is 8.40. The van der Waals surface area contributed by atoms with Crippen LogP contribution in [0.15, 0.2) is 12.1 Å². The minimum Gasteiger partial charge on any atom is -0.507 e. The maximum Gasteiger partial charge on any atom is 0.122 e. The number of ether oxygens (including phenoxy) is 1. The summed E-state index contributed by atoms with van der Waals surface area (Å²) in [6, 6.07) is 3.84. The highest BCUT2D eigenvalue weighted by Gasteiger charge is 2.21. The van der Waals surface area contributed by atoms with E-state index in [9.17, 15) is 5.11 Å². The SMILES string of the molecule is COc1cc(CCCCN)c(O)c(C(C)(C)C)c1. The van der Waals surface area contributed by atoms with Crippen molar-refractivity contribution in [3.8, 4) is 11.5 Å². The number of phenolic OH excluding ortho intramolecular Hbond substituents is 1. The molecule has 0 amide bonds. The summed E-state index contributed by atoms with van der Waals surface area (Å²) in [4.78, 5) is 0. The lowest BCUT2D eigenvalue weighted by Crippen LogP contribution is -2.12. The van der Waals surface area contributed by atoms with Crippen molar-refractivity contribution in [3.05, 3.63) is 23.3 Å². The van der Waals surface area contributed by atoms with Crippen molar-refractivity contribution in [2.24, 2.45) is 5.73 Å². The lowest BCUT2D eigenvalue weighted by Gasteiger charge is -2.23. The zero-order valence-corrected chi connectivity index (χ0v) is 11.9. The third-order valence-corrected chi connectivity index (χ3v) is 3.11. The Labute approximate surface area is 110 Å². The predicted molar refractivity (Wildman–Crippen MR) is 75.4 cm³/mol. The molecule has 1 rings (SSSR count). The molecule has 0 fully saturated rings. The van der Waals surface area contributed by atoms with E-state index in [0.29, 0.717) is 12.3 Å². The van der Waals surface area contributed by atoms with Crippen molar-refractivity contribution < 1.29 is 9.84 Å². The number of nitrogens with two attached hydrogens (primary N) is 1. The monoisotopic (exact) mass is 251 g/mol. The smallest absolute Gasteiger partial charge is 0.122 e. The number of unbranched alkanes of at least 4 members (excludes halogenated alkanes) is 1. The fourth-order valence-corrected chi connectivity index (χ4v) is 2.01. The Morgan fingerprint density at radius 3 is 2.39 bits per heavy atom. The summed E-state index contributed by atoms with van der Waals surface area (Å²) in [5.41, 5.74) is 7.29. The van der Waals surface area contributed by atoms with E-state index in [-0.39, 0.29) is 5.41 Å². The first-order valence-electron chi connectivity index (χ1n) is 6.50. The number of hydrogen-bond acceptors (Lipinski definition) is 3. The topological polar surface area (TPSA) is 55.5 Å². The number of aryl methyl sites for hydroxylation is 1. The van der Waals surface area contributed by atoms with Crippen molar-refractivity contribution >= 4 is 0 Å². The van der Waals surface area contributed by atoms with Gasteiger partial charge in [-0.1, -0.05) is 20.8 Å². The van der Waals surface area contributed by atoms with Gasteiger partial charge in [0.2, 0.25) is 0 Å². The predicted octanol–water partition coefficient (Wildman–Crippen LogP) is 2.98. The summed E-state index contributed by atoms with van der Waals surface area (Å²) in [7, 11) is 1.66. The molecule has 0 saturated carbocycles. The van der Waals surface area contributed by atoms with Crippen molar-refractivity contribution in [3.63, 3.8) is 0 Å². The molecule has 0 unspecified atom stereocenters. The second kappa shape index (κ2) is 6.10. The van der Waals surface area contributed by atoms with Crippen LogP contribution < -0.4 is 10.5 Å². The maximum absolute atomic E-state index is 10.4. The highest BCUT2D eigenvalue weighted by Crippen LogP contribution is 2.37. The molecule has 0 atom stereocenters. The molecule has 0 heterocycles. The maximum atomic E-state index is 10.4. The van der Waals surface area contributed by atoms with Gasteiger partial charge in [0, 0.05) is 5.56 Å². The molecule has 0 saturated heterocycles. The van der Waals surface area contributed by atoms with Crippen LogP contribution in [0.25, 0.3) is 0 Å². The number of rotatable bonds is 5. The molecule has 1 aromatic carbocycles. The quantitative estimate of drug-likeness (QED) is 0.791. The molecule has 3 heteroatoms. The number of methoxy groups -OCH3 is 1. The molecule has 0 bridgehead atoms. The van der Waals surface area contributed by atoms with Crippen molar-refractivity contribution in [2.45, 2.75) is 45.4 Å². The van der Waals surface area contributed by atoms with Gasteiger partial charge in [-0.3, -0.25) is 0 Å². The van der Waals surface area contributed by atoms with Crippen molar-refractivity contribution in [2.75, 3.05) is 13.7 Å². The van der Waals surface area contributed by atoms with E-state index in [0.717, 1.165) is 36.1 Å². The van der Waals surface area contributed by atoms with Gasteiger partial charge in [0.1, 0.15) is 11.5 Å². The average molecular weight is 251 g/mol. The number of hydrogen-bond donors (Lipinski definition) is 2. The van der Waals surface area contributed by atoms with Crippen LogP contribution in [0.1, 0.15) is 44.7 Å². The summed E-state index contributed by atoms with van der Waals surface area (Å²) < 4.78 is 5.32. The summed E-state index contributed by atoms with van der Waals surface area (Å²) in [6.07, 6.45) is 2.80. The third kappa shape index (κ3) is 3.64. The van der Waals surface area contributed by atoms with Crippen molar-refractivity contribution in [1.82, 2.24) is 0 Å². The number of phenols is 1. The fourth-order valence-electron chi connectivity index (χ4n) is 2.01. The van der Waals surface area contributed by atoms with Gasteiger partial charge in [0.25, 0.3) is 0 Å². The molecule has 0 aliphatic rings. The Bertz CT molecular complexity index is 394. The van der Waals surface area contributed by atoms with Gasteiger partial charge in [-0.25, -0.2) is 0 Å². The molecule has 1 aromatic rings. The summed E-state index contributed by atoms with van der Waals surface area (Å²) >= 11 is 0. The third-order valence-electron chi connectivity index (χ3n) is 3.11. The minimum absolute atomic E-state index is 0.0960. The molecular weight excluding hydrogens is 226 g/mol. The molecule has 0 aliphatic heterocycles. The Hall–Kier alpha value is -1.22. The largest absolute Gasteiger partial charge is 0.507 e. The first kappa shape index (κ1) is 14.8. The van der Waals surface area contributed by atoms with Crippen molar-refractivity contribution in [1.29, 1.82) is 0 Å². The van der Waals surface area contributed by atoms with Crippen LogP contribution in [-0.2, 0) is 11.8 Å². The molecule has 3 nitrogen and oxygen atoms in total. The highest BCUT2D eigenvalue weighted by molar-refractivity contribution is 5.49. The van der Waals surface area contributed by atoms with Crippen LogP contribution in [0.5, 0.6) is 11.5 Å². The van der Waals surface area contributed by atoms with Crippen LogP contribution in [0.3, 0.4) is 0 Å². The van der Waals surface area contributed by atoms with Crippen LogP contribution in [0, 0.1) is 0 Å². The Morgan fingerprint density at radius 1 is 1.22 bits per heavy atom. The highest BCUT2D eigenvalue weighted by atomic mass is 16.5. The van der Waals surface area contributed by atoms with Crippen LogP contribution in [0.4, 0.5) is 0 Å². The van der Waals surface area contributed by atoms with Gasteiger partial charge in [0.05, 0.1) is 7.11 Å².